The third kappa shape index (κ3) is 1.61. The number of thiazole rings is 1. The first-order chi connectivity index (χ1) is 2.50. The fourth-order valence-corrected chi connectivity index (χ4v) is 0.527. The zero-order valence-corrected chi connectivity index (χ0v) is 4.40. The summed E-state index contributed by atoms with van der Waals surface area (Å²) in [5.74, 6) is 0. The second kappa shape index (κ2) is 3.42. The van der Waals surface area contributed by atoms with E-state index in [0.29, 0.717) is 0 Å². The van der Waals surface area contributed by atoms with E-state index < -0.39 is 0 Å². The van der Waals surface area contributed by atoms with Crippen LogP contribution < -0.4 is 0 Å². The molecule has 0 aliphatic carbocycles. The van der Waals surface area contributed by atoms with Gasteiger partial charge in [0.15, 0.2) is 0 Å². The molecule has 1 aromatic heterocycles. The van der Waals surface area contributed by atoms with Crippen molar-refractivity contribution in [2.24, 2.45) is 0 Å². The molecule has 0 bridgehead atoms. The summed E-state index contributed by atoms with van der Waals surface area (Å²) >= 11 is 1.60. The van der Waals surface area contributed by atoms with E-state index in [2.05, 4.69) is 4.98 Å². The quantitative estimate of drug-likeness (QED) is 0.430. The Morgan fingerprint density at radius 1 is 1.50 bits per heavy atom. The standard InChI is InChI=1S/C3H3NS.Li/c1-2-5-3-4-1;/h1-3H;. The summed E-state index contributed by atoms with van der Waals surface area (Å²) in [5.41, 5.74) is 1.79. The summed E-state index contributed by atoms with van der Waals surface area (Å²) in [6.45, 7) is 0. The van der Waals surface area contributed by atoms with Crippen molar-refractivity contribution in [1.82, 2.24) is 4.98 Å². The van der Waals surface area contributed by atoms with E-state index in [1.165, 1.54) is 0 Å². The number of hydrogen-bond donors (Lipinski definition) is 0. The average Bonchev–Trinajstić information content (AvgIpc) is 1.76. The van der Waals surface area contributed by atoms with E-state index in [9.17, 15) is 0 Å². The second-order valence-electron chi connectivity index (χ2n) is 0.676. The van der Waals surface area contributed by atoms with E-state index in [1.807, 2.05) is 5.38 Å². The van der Waals surface area contributed by atoms with Crippen LogP contribution in [0.2, 0.25) is 0 Å². The smallest absolute Gasteiger partial charge is 0.0791 e. The van der Waals surface area contributed by atoms with Crippen molar-refractivity contribution in [3.63, 3.8) is 0 Å². The van der Waals surface area contributed by atoms with Crippen LogP contribution in [-0.4, -0.2) is 23.8 Å². The van der Waals surface area contributed by atoms with Crippen molar-refractivity contribution in [3.8, 4) is 0 Å². The third-order valence-electron chi connectivity index (χ3n) is 0.347. The molecule has 0 aliphatic heterocycles. The molecule has 0 amide bonds. The van der Waals surface area contributed by atoms with E-state index >= 15 is 0 Å². The largest absolute Gasteiger partial charge is 0.253 e. The molecule has 1 heterocycles. The summed E-state index contributed by atoms with van der Waals surface area (Å²) in [5, 5.41) is 1.93. The fraction of sp³-hybridized carbons (Fsp3) is 0. The molecule has 0 fully saturated rings. The summed E-state index contributed by atoms with van der Waals surface area (Å²) in [4.78, 5) is 3.74. The van der Waals surface area contributed by atoms with Gasteiger partial charge in [-0.25, -0.2) is 0 Å². The summed E-state index contributed by atoms with van der Waals surface area (Å²) in [7, 11) is 0. The normalized spacial score (nSPS) is 6.67. The van der Waals surface area contributed by atoms with Gasteiger partial charge in [0.25, 0.3) is 0 Å². The Morgan fingerprint density at radius 3 is 2.50 bits per heavy atom. The maximum absolute atomic E-state index is 3.74. The van der Waals surface area contributed by atoms with Gasteiger partial charge in [0.1, 0.15) is 0 Å². The molecule has 0 atom stereocenters. The third-order valence-corrected chi connectivity index (χ3v) is 0.869. The van der Waals surface area contributed by atoms with Crippen molar-refractivity contribution in [2.75, 3.05) is 0 Å². The maximum Gasteiger partial charge on any atom is 0.0791 e. The van der Waals surface area contributed by atoms with Crippen LogP contribution in [0.25, 0.3) is 0 Å². The summed E-state index contributed by atoms with van der Waals surface area (Å²) in [6.07, 6.45) is 1.77. The van der Waals surface area contributed by atoms with Crippen molar-refractivity contribution in [3.05, 3.63) is 17.1 Å². The van der Waals surface area contributed by atoms with Gasteiger partial charge in [-0.1, -0.05) is 0 Å². The van der Waals surface area contributed by atoms with Crippen LogP contribution in [0.4, 0.5) is 0 Å². The van der Waals surface area contributed by atoms with Gasteiger partial charge in [0.05, 0.1) is 5.51 Å². The minimum atomic E-state index is 0. The number of nitrogens with zero attached hydrogens (tertiary/aromatic N) is 1. The van der Waals surface area contributed by atoms with Crippen LogP contribution in [0.15, 0.2) is 17.1 Å². The van der Waals surface area contributed by atoms with Gasteiger partial charge in [-0.2, -0.15) is 0 Å². The molecule has 1 radical (unpaired) electrons. The molecule has 0 N–H and O–H groups in total. The molecule has 0 unspecified atom stereocenters. The van der Waals surface area contributed by atoms with Crippen LogP contribution in [0.5, 0.6) is 0 Å². The Hall–Kier alpha value is 0.227. The van der Waals surface area contributed by atoms with Gasteiger partial charge in [0.2, 0.25) is 0 Å². The van der Waals surface area contributed by atoms with E-state index in [-0.39, 0.29) is 18.9 Å². The van der Waals surface area contributed by atoms with Crippen LogP contribution in [0.1, 0.15) is 0 Å². The Morgan fingerprint density at radius 2 is 2.33 bits per heavy atom. The molecule has 3 heteroatoms. The van der Waals surface area contributed by atoms with Gasteiger partial charge >= 0.3 is 0 Å². The van der Waals surface area contributed by atoms with Crippen LogP contribution in [0, 0.1) is 0 Å². The molecular weight excluding hydrogens is 89.0 g/mol. The molecule has 0 aromatic carbocycles. The molecule has 6 heavy (non-hydrogen) atoms. The van der Waals surface area contributed by atoms with Gasteiger partial charge in [-0.05, 0) is 0 Å². The van der Waals surface area contributed by atoms with Crippen molar-refractivity contribution in [1.29, 1.82) is 0 Å². The predicted octanol–water partition coefficient (Wildman–Crippen LogP) is 0.762. The maximum atomic E-state index is 3.74. The molecule has 0 spiro atoms. The van der Waals surface area contributed by atoms with Crippen LogP contribution >= 0.6 is 11.3 Å². The first-order valence-corrected chi connectivity index (χ1v) is 2.26. The first-order valence-electron chi connectivity index (χ1n) is 1.32. The SMILES string of the molecule is [Li].c1cscn1. The molecule has 1 nitrogen and oxygen atoms in total. The Labute approximate surface area is 52.6 Å². The minimum absolute atomic E-state index is 0. The van der Waals surface area contributed by atoms with Crippen LogP contribution in [-0.2, 0) is 0 Å². The zero-order valence-electron chi connectivity index (χ0n) is 3.59. The predicted molar refractivity (Wildman–Crippen MR) is 27.9 cm³/mol. The van der Waals surface area contributed by atoms with E-state index in [1.54, 1.807) is 23.0 Å². The Balaban J connectivity index is 0.000000250. The Bertz CT molecular complexity index is 67.3. The summed E-state index contributed by atoms with van der Waals surface area (Å²) < 4.78 is 0. The van der Waals surface area contributed by atoms with Gasteiger partial charge in [-0.15, -0.1) is 11.3 Å². The average molecular weight is 92.1 g/mol. The monoisotopic (exact) mass is 92.0 g/mol. The van der Waals surface area contributed by atoms with Crippen molar-refractivity contribution < 1.29 is 0 Å². The minimum Gasteiger partial charge on any atom is -0.253 e. The van der Waals surface area contributed by atoms with Gasteiger partial charge in [0, 0.05) is 30.4 Å². The van der Waals surface area contributed by atoms with E-state index in [0.717, 1.165) is 0 Å². The van der Waals surface area contributed by atoms with Crippen molar-refractivity contribution >= 4 is 30.2 Å². The molecule has 0 saturated carbocycles. The molecule has 27 valence electrons. The van der Waals surface area contributed by atoms with Gasteiger partial charge < -0.3 is 0 Å². The molecule has 1 rings (SSSR count). The van der Waals surface area contributed by atoms with E-state index in [4.69, 9.17) is 0 Å². The number of hydrogen-bond acceptors (Lipinski definition) is 2. The molecule has 0 saturated heterocycles. The zero-order chi connectivity index (χ0) is 3.54. The topological polar surface area (TPSA) is 12.9 Å². The van der Waals surface area contributed by atoms with Gasteiger partial charge in [-0.3, -0.25) is 4.98 Å². The fourth-order valence-electron chi connectivity index (χ4n) is 0.176. The molecular formula is C3H3LiNS. The molecule has 1 aromatic rings. The number of rotatable bonds is 0. The first kappa shape index (κ1) is 6.23. The molecule has 0 aliphatic rings. The number of aromatic nitrogens is 1. The van der Waals surface area contributed by atoms with Crippen molar-refractivity contribution in [2.45, 2.75) is 0 Å². The Kier molecular flexibility index (Phi) is 3.55. The second-order valence-corrected chi connectivity index (χ2v) is 1.43. The summed E-state index contributed by atoms with van der Waals surface area (Å²) in [6, 6.07) is 0. The van der Waals surface area contributed by atoms with Crippen LogP contribution in [0.3, 0.4) is 0 Å².